The molecule has 1 fully saturated rings. The fraction of sp³-hybridized carbons (Fsp3) is 0.600. The Balaban J connectivity index is 1.85. The van der Waals surface area contributed by atoms with E-state index in [0.29, 0.717) is 28.1 Å². The largest absolute Gasteiger partial charge is 0.489 e. The SMILES string of the molecule is CCNC(=NCC(O)COc1cccc(Cl)c1Cl)N1CCC(CC(=O)NC)CC1. The van der Waals surface area contributed by atoms with Crippen molar-refractivity contribution in [2.75, 3.05) is 39.8 Å². The molecule has 1 aromatic rings. The van der Waals surface area contributed by atoms with Gasteiger partial charge in [-0.3, -0.25) is 9.79 Å². The number of rotatable bonds is 8. The number of piperidine rings is 1. The van der Waals surface area contributed by atoms with Crippen molar-refractivity contribution in [2.24, 2.45) is 10.9 Å². The van der Waals surface area contributed by atoms with Crippen LogP contribution >= 0.6 is 23.2 Å². The number of ether oxygens (including phenoxy) is 1. The minimum atomic E-state index is -0.774. The standard InChI is InChI=1S/C20H30Cl2N4O3/c1-3-24-20(26-9-7-14(8-10-26)11-18(28)23-2)25-12-15(27)13-29-17-6-4-5-16(21)19(17)22/h4-6,14-15,27H,3,7-13H2,1-2H3,(H,23,28)(H,24,25). The third-order valence-electron chi connectivity index (χ3n) is 4.80. The van der Waals surface area contributed by atoms with Crippen LogP contribution in [0.15, 0.2) is 23.2 Å². The fourth-order valence-corrected chi connectivity index (χ4v) is 3.51. The number of aliphatic imine (C=N–C) groups is 1. The van der Waals surface area contributed by atoms with Crippen molar-refractivity contribution < 1.29 is 14.6 Å². The first-order valence-electron chi connectivity index (χ1n) is 9.93. The molecule has 3 N–H and O–H groups in total. The molecule has 1 amide bonds. The van der Waals surface area contributed by atoms with Crippen molar-refractivity contribution in [3.8, 4) is 5.75 Å². The van der Waals surface area contributed by atoms with Crippen LogP contribution < -0.4 is 15.4 Å². The van der Waals surface area contributed by atoms with E-state index in [1.54, 1.807) is 25.2 Å². The topological polar surface area (TPSA) is 86.2 Å². The number of aliphatic hydroxyl groups excluding tert-OH is 1. The molecule has 29 heavy (non-hydrogen) atoms. The number of hydrogen-bond acceptors (Lipinski definition) is 4. The van der Waals surface area contributed by atoms with Crippen LogP contribution in [0.3, 0.4) is 0 Å². The van der Waals surface area contributed by atoms with Gasteiger partial charge in [0.2, 0.25) is 5.91 Å². The number of benzene rings is 1. The number of likely N-dealkylation sites (tertiary alicyclic amines) is 1. The molecule has 0 radical (unpaired) electrons. The molecule has 1 aliphatic rings. The maximum atomic E-state index is 11.6. The molecular weight excluding hydrogens is 415 g/mol. The van der Waals surface area contributed by atoms with Crippen LogP contribution in [0.2, 0.25) is 10.0 Å². The number of nitrogens with one attached hydrogen (secondary N) is 2. The molecule has 162 valence electrons. The summed E-state index contributed by atoms with van der Waals surface area (Å²) in [6.07, 6.45) is 1.68. The highest BCUT2D eigenvalue weighted by molar-refractivity contribution is 6.42. The van der Waals surface area contributed by atoms with E-state index in [1.807, 2.05) is 6.92 Å². The van der Waals surface area contributed by atoms with Gasteiger partial charge in [0.05, 0.1) is 11.6 Å². The van der Waals surface area contributed by atoms with Crippen LogP contribution in [0.25, 0.3) is 0 Å². The zero-order chi connectivity index (χ0) is 21.2. The van der Waals surface area contributed by atoms with Gasteiger partial charge in [0, 0.05) is 33.1 Å². The molecule has 9 heteroatoms. The summed E-state index contributed by atoms with van der Waals surface area (Å²) in [5.41, 5.74) is 0. The summed E-state index contributed by atoms with van der Waals surface area (Å²) in [6.45, 7) is 4.68. The van der Waals surface area contributed by atoms with Crippen LogP contribution in [0.1, 0.15) is 26.2 Å². The highest BCUT2D eigenvalue weighted by atomic mass is 35.5. The number of carbonyl (C=O) groups excluding carboxylic acids is 1. The minimum absolute atomic E-state index is 0.0666. The second kappa shape index (κ2) is 12.1. The van der Waals surface area contributed by atoms with Gasteiger partial charge in [-0.2, -0.15) is 0 Å². The highest BCUT2D eigenvalue weighted by Gasteiger charge is 2.23. The second-order valence-corrected chi connectivity index (χ2v) is 7.80. The number of guanidine groups is 1. The Bertz CT molecular complexity index is 694. The zero-order valence-electron chi connectivity index (χ0n) is 17.0. The van der Waals surface area contributed by atoms with Crippen LogP contribution in [-0.2, 0) is 4.79 Å². The molecule has 0 saturated carbocycles. The van der Waals surface area contributed by atoms with E-state index in [9.17, 15) is 9.90 Å². The van der Waals surface area contributed by atoms with Crippen molar-refractivity contribution in [1.29, 1.82) is 0 Å². The van der Waals surface area contributed by atoms with Crippen molar-refractivity contribution in [3.63, 3.8) is 0 Å². The lowest BCUT2D eigenvalue weighted by Gasteiger charge is -2.34. The van der Waals surface area contributed by atoms with Crippen molar-refractivity contribution in [3.05, 3.63) is 28.2 Å². The van der Waals surface area contributed by atoms with Gasteiger partial charge in [-0.25, -0.2) is 0 Å². The Morgan fingerprint density at radius 3 is 2.76 bits per heavy atom. The van der Waals surface area contributed by atoms with Crippen molar-refractivity contribution in [1.82, 2.24) is 15.5 Å². The lowest BCUT2D eigenvalue weighted by Crippen LogP contribution is -2.46. The van der Waals surface area contributed by atoms with Crippen LogP contribution in [0.5, 0.6) is 5.75 Å². The molecule has 1 aromatic carbocycles. The first kappa shape index (κ1) is 23.6. The van der Waals surface area contributed by atoms with Gasteiger partial charge >= 0.3 is 0 Å². The Morgan fingerprint density at radius 2 is 2.10 bits per heavy atom. The molecule has 0 spiro atoms. The molecule has 0 aromatic heterocycles. The smallest absolute Gasteiger partial charge is 0.220 e. The number of amides is 1. The summed E-state index contributed by atoms with van der Waals surface area (Å²) in [4.78, 5) is 18.3. The van der Waals surface area contributed by atoms with Gasteiger partial charge in [-0.1, -0.05) is 29.3 Å². The lowest BCUT2D eigenvalue weighted by molar-refractivity contribution is -0.121. The lowest BCUT2D eigenvalue weighted by atomic mass is 9.93. The number of nitrogens with zero attached hydrogens (tertiary/aromatic N) is 2. The third kappa shape index (κ3) is 7.57. The predicted octanol–water partition coefficient (Wildman–Crippen LogP) is 2.55. The number of hydrogen-bond donors (Lipinski definition) is 3. The average molecular weight is 445 g/mol. The molecule has 1 aliphatic heterocycles. The van der Waals surface area contributed by atoms with Crippen molar-refractivity contribution >= 4 is 35.1 Å². The van der Waals surface area contributed by atoms with Gasteiger partial charge in [0.15, 0.2) is 5.96 Å². The van der Waals surface area contributed by atoms with Gasteiger partial charge < -0.3 is 25.4 Å². The van der Waals surface area contributed by atoms with Gasteiger partial charge in [-0.15, -0.1) is 0 Å². The normalized spacial score (nSPS) is 16.4. The van der Waals surface area contributed by atoms with Gasteiger partial charge in [-0.05, 0) is 37.8 Å². The van der Waals surface area contributed by atoms with Crippen molar-refractivity contribution in [2.45, 2.75) is 32.3 Å². The van der Waals surface area contributed by atoms with E-state index in [2.05, 4.69) is 20.5 Å². The summed E-state index contributed by atoms with van der Waals surface area (Å²) < 4.78 is 5.57. The molecule has 1 saturated heterocycles. The minimum Gasteiger partial charge on any atom is -0.489 e. The molecule has 0 bridgehead atoms. The van der Waals surface area contributed by atoms with Gasteiger partial charge in [0.1, 0.15) is 23.5 Å². The number of halogens is 2. The van der Waals surface area contributed by atoms with Crippen LogP contribution in [-0.4, -0.2) is 67.8 Å². The van der Waals surface area contributed by atoms with E-state index >= 15 is 0 Å². The molecule has 1 atom stereocenters. The van der Waals surface area contributed by atoms with E-state index in [1.165, 1.54) is 0 Å². The summed E-state index contributed by atoms with van der Waals surface area (Å²) in [5, 5.41) is 17.0. The van der Waals surface area contributed by atoms with E-state index in [-0.39, 0.29) is 19.1 Å². The molecule has 2 rings (SSSR count). The number of aliphatic hydroxyl groups is 1. The summed E-state index contributed by atoms with van der Waals surface area (Å²) in [7, 11) is 1.67. The quantitative estimate of drug-likeness (QED) is 0.423. The molecule has 1 unspecified atom stereocenters. The second-order valence-electron chi connectivity index (χ2n) is 7.02. The summed E-state index contributed by atoms with van der Waals surface area (Å²) in [5.74, 6) is 1.69. The van der Waals surface area contributed by atoms with Crippen LogP contribution in [0.4, 0.5) is 0 Å². The maximum absolute atomic E-state index is 11.6. The average Bonchev–Trinajstić information content (AvgIpc) is 2.72. The summed E-state index contributed by atoms with van der Waals surface area (Å²) in [6, 6.07) is 5.13. The molecule has 7 nitrogen and oxygen atoms in total. The Hall–Kier alpha value is -1.70. The van der Waals surface area contributed by atoms with E-state index in [0.717, 1.165) is 38.4 Å². The third-order valence-corrected chi connectivity index (χ3v) is 5.60. The zero-order valence-corrected chi connectivity index (χ0v) is 18.5. The molecule has 0 aliphatic carbocycles. The fourth-order valence-electron chi connectivity index (χ4n) is 3.16. The predicted molar refractivity (Wildman–Crippen MR) is 117 cm³/mol. The first-order chi connectivity index (χ1) is 13.9. The Morgan fingerprint density at radius 1 is 1.38 bits per heavy atom. The van der Waals surface area contributed by atoms with Crippen LogP contribution in [0, 0.1) is 5.92 Å². The first-order valence-corrected chi connectivity index (χ1v) is 10.7. The Labute approximate surface area is 182 Å². The monoisotopic (exact) mass is 444 g/mol. The Kier molecular flexibility index (Phi) is 9.84. The summed E-state index contributed by atoms with van der Waals surface area (Å²) >= 11 is 12.1. The van der Waals surface area contributed by atoms with E-state index in [4.69, 9.17) is 27.9 Å². The van der Waals surface area contributed by atoms with Gasteiger partial charge in [0.25, 0.3) is 0 Å². The highest BCUT2D eigenvalue weighted by Crippen LogP contribution is 2.31. The molecular formula is C20H30Cl2N4O3. The molecule has 1 heterocycles. The number of carbonyl (C=O) groups is 1. The van der Waals surface area contributed by atoms with E-state index < -0.39 is 6.10 Å². The maximum Gasteiger partial charge on any atom is 0.220 e.